The van der Waals surface area contributed by atoms with Crippen LogP contribution in [0.15, 0.2) is 42.6 Å². The van der Waals surface area contributed by atoms with Crippen molar-refractivity contribution in [3.63, 3.8) is 0 Å². The predicted molar refractivity (Wildman–Crippen MR) is 103 cm³/mol. The van der Waals surface area contributed by atoms with Gasteiger partial charge in [0.05, 0.1) is 18.2 Å². The molecule has 6 nitrogen and oxygen atoms in total. The summed E-state index contributed by atoms with van der Waals surface area (Å²) in [7, 11) is 1.34. The van der Waals surface area contributed by atoms with Crippen molar-refractivity contribution in [3.8, 4) is 17.2 Å². The van der Waals surface area contributed by atoms with Crippen LogP contribution in [0.25, 0.3) is 0 Å². The molecule has 0 spiro atoms. The third-order valence-electron chi connectivity index (χ3n) is 5.07. The molecule has 3 aromatic rings. The van der Waals surface area contributed by atoms with E-state index in [1.165, 1.54) is 13.2 Å². The molecule has 0 fully saturated rings. The molecule has 1 amide bonds. The lowest BCUT2D eigenvalue weighted by Crippen LogP contribution is -2.23. The first kappa shape index (κ1) is 21.6. The number of aromatic amines is 1. The number of nitrogens with zero attached hydrogens (tertiary/aromatic N) is 1. The van der Waals surface area contributed by atoms with Gasteiger partial charge in [-0.25, -0.2) is 8.78 Å². The molecule has 32 heavy (non-hydrogen) atoms. The summed E-state index contributed by atoms with van der Waals surface area (Å²) < 4.78 is 76.3. The minimum absolute atomic E-state index is 0.0330. The normalized spacial score (nSPS) is 16.0. The standard InChI is InChI=1S/C21H16F5N3O3/c1-31-17-6-10(12-8-18(30)28-20-14(12)9-27-29-20)2-4-16(17)32-15-5-3-11(21(24,25)26)7-13(15)19(22)23/h2-7,9,12,19H,8H2,1H3,(H2,27,28,29,30). The van der Waals surface area contributed by atoms with Crippen molar-refractivity contribution in [2.75, 3.05) is 12.4 Å². The zero-order valence-electron chi connectivity index (χ0n) is 16.5. The molecule has 0 bridgehead atoms. The summed E-state index contributed by atoms with van der Waals surface area (Å²) >= 11 is 0. The van der Waals surface area contributed by atoms with Gasteiger partial charge in [-0.2, -0.15) is 18.3 Å². The Hall–Kier alpha value is -3.63. The van der Waals surface area contributed by atoms with Gasteiger partial charge in [0, 0.05) is 24.1 Å². The molecule has 1 aliphatic heterocycles. The van der Waals surface area contributed by atoms with Gasteiger partial charge in [0.25, 0.3) is 6.43 Å². The van der Waals surface area contributed by atoms with Gasteiger partial charge in [0.15, 0.2) is 17.3 Å². The van der Waals surface area contributed by atoms with Crippen molar-refractivity contribution in [1.82, 2.24) is 10.2 Å². The van der Waals surface area contributed by atoms with E-state index >= 15 is 0 Å². The second kappa shape index (κ2) is 8.13. The lowest BCUT2D eigenvalue weighted by atomic mass is 9.87. The third kappa shape index (κ3) is 4.10. The monoisotopic (exact) mass is 453 g/mol. The van der Waals surface area contributed by atoms with E-state index in [1.54, 1.807) is 18.3 Å². The Balaban J connectivity index is 1.68. The fourth-order valence-electron chi connectivity index (χ4n) is 3.53. The zero-order chi connectivity index (χ0) is 23.0. The summed E-state index contributed by atoms with van der Waals surface area (Å²) in [6.45, 7) is 0. The van der Waals surface area contributed by atoms with E-state index < -0.39 is 29.5 Å². The van der Waals surface area contributed by atoms with Crippen LogP contribution >= 0.6 is 0 Å². The van der Waals surface area contributed by atoms with Crippen LogP contribution in [0.2, 0.25) is 0 Å². The number of amides is 1. The molecule has 4 rings (SSSR count). The number of methoxy groups -OCH3 is 1. The van der Waals surface area contributed by atoms with Crippen molar-refractivity contribution < 1.29 is 36.2 Å². The van der Waals surface area contributed by atoms with E-state index in [1.807, 2.05) is 0 Å². The first-order chi connectivity index (χ1) is 15.2. The van der Waals surface area contributed by atoms with Crippen LogP contribution in [0.5, 0.6) is 17.2 Å². The highest BCUT2D eigenvalue weighted by Gasteiger charge is 2.33. The van der Waals surface area contributed by atoms with Crippen molar-refractivity contribution >= 4 is 11.7 Å². The van der Waals surface area contributed by atoms with E-state index in [2.05, 4.69) is 15.5 Å². The number of carbonyl (C=O) groups excluding carboxylic acids is 1. The van der Waals surface area contributed by atoms with Gasteiger partial charge in [-0.3, -0.25) is 9.89 Å². The molecule has 0 radical (unpaired) electrons. The van der Waals surface area contributed by atoms with Gasteiger partial charge in [-0.05, 0) is 35.9 Å². The highest BCUT2D eigenvalue weighted by Crippen LogP contribution is 2.42. The highest BCUT2D eigenvalue weighted by atomic mass is 19.4. The van der Waals surface area contributed by atoms with Gasteiger partial charge in [-0.1, -0.05) is 6.07 Å². The molecule has 1 aliphatic rings. The number of anilines is 1. The summed E-state index contributed by atoms with van der Waals surface area (Å²) in [5.74, 6) is -0.363. The second-order valence-electron chi connectivity index (χ2n) is 7.06. The molecule has 2 N–H and O–H groups in total. The maximum Gasteiger partial charge on any atom is 0.416 e. The number of ether oxygens (including phenoxy) is 2. The Morgan fingerprint density at radius 3 is 2.53 bits per heavy atom. The molecule has 1 atom stereocenters. The number of fused-ring (bicyclic) bond motifs is 1. The summed E-state index contributed by atoms with van der Waals surface area (Å²) in [6, 6.07) is 6.55. The van der Waals surface area contributed by atoms with Crippen molar-refractivity contribution in [2.45, 2.75) is 24.9 Å². The molecular formula is C21H16F5N3O3. The van der Waals surface area contributed by atoms with E-state index in [0.717, 1.165) is 11.6 Å². The van der Waals surface area contributed by atoms with Gasteiger partial charge in [0.1, 0.15) is 5.75 Å². The van der Waals surface area contributed by atoms with E-state index in [0.29, 0.717) is 23.5 Å². The lowest BCUT2D eigenvalue weighted by molar-refractivity contribution is -0.137. The average molecular weight is 453 g/mol. The molecule has 0 aliphatic carbocycles. The number of rotatable bonds is 5. The van der Waals surface area contributed by atoms with Crippen LogP contribution in [0.1, 0.15) is 41.0 Å². The van der Waals surface area contributed by atoms with E-state index in [4.69, 9.17) is 9.47 Å². The summed E-state index contributed by atoms with van der Waals surface area (Å²) in [6.07, 6.45) is -6.13. The summed E-state index contributed by atoms with van der Waals surface area (Å²) in [5, 5.41) is 9.33. The third-order valence-corrected chi connectivity index (χ3v) is 5.07. The number of H-pyrrole nitrogens is 1. The van der Waals surface area contributed by atoms with Crippen LogP contribution in [0.4, 0.5) is 27.8 Å². The number of carbonyl (C=O) groups is 1. The summed E-state index contributed by atoms with van der Waals surface area (Å²) in [4.78, 5) is 12.0. The number of hydrogen-bond donors (Lipinski definition) is 2. The Labute approximate surface area is 178 Å². The van der Waals surface area contributed by atoms with Gasteiger partial charge in [0.2, 0.25) is 5.91 Å². The SMILES string of the molecule is COc1cc(C2CC(=O)Nc3n[nH]cc32)ccc1Oc1ccc(C(F)(F)F)cc1C(F)F. The van der Waals surface area contributed by atoms with Gasteiger partial charge < -0.3 is 14.8 Å². The first-order valence-electron chi connectivity index (χ1n) is 9.36. The van der Waals surface area contributed by atoms with Crippen molar-refractivity contribution in [1.29, 1.82) is 0 Å². The van der Waals surface area contributed by atoms with Crippen LogP contribution in [0.3, 0.4) is 0 Å². The van der Waals surface area contributed by atoms with Crippen LogP contribution < -0.4 is 14.8 Å². The molecule has 1 unspecified atom stereocenters. The predicted octanol–water partition coefficient (Wildman–Crippen LogP) is 5.64. The molecule has 2 aromatic carbocycles. The number of aromatic nitrogens is 2. The molecule has 11 heteroatoms. The van der Waals surface area contributed by atoms with E-state index in [9.17, 15) is 26.7 Å². The van der Waals surface area contributed by atoms with E-state index in [-0.39, 0.29) is 29.7 Å². The topological polar surface area (TPSA) is 76.2 Å². The molecular weight excluding hydrogens is 437 g/mol. The van der Waals surface area contributed by atoms with Gasteiger partial charge in [-0.15, -0.1) is 0 Å². The second-order valence-corrected chi connectivity index (χ2v) is 7.06. The maximum absolute atomic E-state index is 13.4. The smallest absolute Gasteiger partial charge is 0.416 e. The molecule has 2 heterocycles. The molecule has 168 valence electrons. The Kier molecular flexibility index (Phi) is 5.49. The summed E-state index contributed by atoms with van der Waals surface area (Å²) in [5.41, 5.74) is -0.636. The van der Waals surface area contributed by atoms with Crippen LogP contribution in [-0.2, 0) is 11.0 Å². The number of hydrogen-bond acceptors (Lipinski definition) is 4. The fourth-order valence-corrected chi connectivity index (χ4v) is 3.53. The number of alkyl halides is 5. The van der Waals surface area contributed by atoms with Crippen LogP contribution in [-0.4, -0.2) is 23.2 Å². The average Bonchev–Trinajstić information content (AvgIpc) is 3.21. The minimum Gasteiger partial charge on any atom is -0.493 e. The highest BCUT2D eigenvalue weighted by molar-refractivity contribution is 5.94. The van der Waals surface area contributed by atoms with Gasteiger partial charge >= 0.3 is 6.18 Å². The molecule has 0 saturated heterocycles. The minimum atomic E-state index is -4.76. The van der Waals surface area contributed by atoms with Crippen molar-refractivity contribution in [3.05, 3.63) is 64.8 Å². The number of nitrogens with one attached hydrogen (secondary N) is 2. The van der Waals surface area contributed by atoms with Crippen molar-refractivity contribution in [2.24, 2.45) is 0 Å². The Bertz CT molecular complexity index is 1160. The van der Waals surface area contributed by atoms with Crippen LogP contribution in [0, 0.1) is 0 Å². The zero-order valence-corrected chi connectivity index (χ0v) is 16.5. The largest absolute Gasteiger partial charge is 0.493 e. The Morgan fingerprint density at radius 1 is 1.09 bits per heavy atom. The number of halogens is 5. The Morgan fingerprint density at radius 2 is 1.84 bits per heavy atom. The number of benzene rings is 2. The quantitative estimate of drug-likeness (QED) is 0.490. The molecule has 1 aromatic heterocycles. The first-order valence-corrected chi connectivity index (χ1v) is 9.36. The molecule has 0 saturated carbocycles. The fraction of sp³-hybridized carbons (Fsp3) is 0.238. The lowest BCUT2D eigenvalue weighted by Gasteiger charge is -2.23. The maximum atomic E-state index is 13.4.